The van der Waals surface area contributed by atoms with Gasteiger partial charge in [-0.25, -0.2) is 4.98 Å². The van der Waals surface area contributed by atoms with Crippen molar-refractivity contribution in [3.05, 3.63) is 76.4 Å². The van der Waals surface area contributed by atoms with Crippen molar-refractivity contribution in [1.29, 1.82) is 0 Å². The van der Waals surface area contributed by atoms with Crippen LogP contribution in [0.25, 0.3) is 0 Å². The molecule has 1 aromatic carbocycles. The van der Waals surface area contributed by atoms with E-state index in [0.717, 1.165) is 18.7 Å². The summed E-state index contributed by atoms with van der Waals surface area (Å²) >= 11 is 3.05. The number of rotatable bonds is 6. The predicted octanol–water partition coefficient (Wildman–Crippen LogP) is 3.15. The molecule has 3 aromatic rings. The van der Waals surface area contributed by atoms with Crippen LogP contribution in [0.5, 0.6) is 0 Å². The highest BCUT2D eigenvalue weighted by molar-refractivity contribution is 7.98. The summed E-state index contributed by atoms with van der Waals surface area (Å²) < 4.78 is 0. The van der Waals surface area contributed by atoms with Gasteiger partial charge < -0.3 is 10.4 Å². The van der Waals surface area contributed by atoms with Crippen LogP contribution >= 0.6 is 23.1 Å². The third kappa shape index (κ3) is 4.27. The molecule has 1 aliphatic heterocycles. The maximum atomic E-state index is 13.3. The first-order valence-corrected chi connectivity index (χ1v) is 11.9. The Bertz CT molecular complexity index is 984. The number of nitrogens with one attached hydrogen (secondary N) is 1. The number of hydrogen-bond donors (Lipinski definition) is 2. The van der Waals surface area contributed by atoms with Gasteiger partial charge in [0.2, 0.25) is 0 Å². The summed E-state index contributed by atoms with van der Waals surface area (Å²) in [5, 5.41) is 15.2. The topological polar surface area (TPSA) is 78.4 Å². The van der Waals surface area contributed by atoms with Crippen molar-refractivity contribution < 1.29 is 9.90 Å². The molecule has 0 saturated carbocycles. The Labute approximate surface area is 184 Å². The minimum absolute atomic E-state index is 0.216. The Kier molecular flexibility index (Phi) is 6.48. The van der Waals surface area contributed by atoms with Crippen molar-refractivity contribution in [2.24, 2.45) is 0 Å². The second-order valence-electron chi connectivity index (χ2n) is 7.32. The molecule has 0 aliphatic carbocycles. The number of thioether (sulfide) groups is 1. The molecule has 156 valence electrons. The van der Waals surface area contributed by atoms with E-state index in [9.17, 15) is 9.90 Å². The Morgan fingerprint density at radius 2 is 2.17 bits per heavy atom. The van der Waals surface area contributed by atoms with E-state index in [1.165, 1.54) is 16.6 Å². The van der Waals surface area contributed by atoms with Crippen LogP contribution in [-0.2, 0) is 12.1 Å². The molecular weight excluding hydrogens is 416 g/mol. The minimum Gasteiger partial charge on any atom is -0.389 e. The van der Waals surface area contributed by atoms with Gasteiger partial charge in [-0.2, -0.15) is 0 Å². The fourth-order valence-corrected chi connectivity index (χ4v) is 5.15. The van der Waals surface area contributed by atoms with Crippen molar-refractivity contribution >= 4 is 29.0 Å². The molecule has 1 fully saturated rings. The van der Waals surface area contributed by atoms with Gasteiger partial charge in [-0.05, 0) is 30.4 Å². The SMILES string of the molecule is CSc1ncccc1C(=O)N[C@]1(c2ccccc2)CCN(Cc2cncs2)C[C@H]1O. The second-order valence-corrected chi connectivity index (χ2v) is 9.09. The molecule has 1 aliphatic rings. The molecule has 8 heteroatoms. The summed E-state index contributed by atoms with van der Waals surface area (Å²) in [6.45, 7) is 1.97. The first-order valence-electron chi connectivity index (χ1n) is 9.77. The third-order valence-electron chi connectivity index (χ3n) is 5.52. The Hall–Kier alpha value is -2.26. The summed E-state index contributed by atoms with van der Waals surface area (Å²) in [6.07, 6.45) is 5.31. The van der Waals surface area contributed by atoms with E-state index in [-0.39, 0.29) is 5.91 Å². The second kappa shape index (κ2) is 9.26. The Morgan fingerprint density at radius 1 is 1.33 bits per heavy atom. The number of pyridine rings is 1. The minimum atomic E-state index is -0.853. The van der Waals surface area contributed by atoms with Crippen molar-refractivity contribution in [3.8, 4) is 0 Å². The van der Waals surface area contributed by atoms with E-state index in [2.05, 4.69) is 20.2 Å². The molecule has 2 N–H and O–H groups in total. The number of piperidine rings is 1. The molecule has 0 spiro atoms. The van der Waals surface area contributed by atoms with Gasteiger partial charge in [-0.15, -0.1) is 23.1 Å². The van der Waals surface area contributed by atoms with Gasteiger partial charge in [0.15, 0.2) is 0 Å². The van der Waals surface area contributed by atoms with Crippen LogP contribution in [0.4, 0.5) is 0 Å². The van der Waals surface area contributed by atoms with Gasteiger partial charge in [0, 0.05) is 36.9 Å². The normalized spacial score (nSPS) is 22.0. The first-order chi connectivity index (χ1) is 14.6. The fourth-order valence-electron chi connectivity index (χ4n) is 3.96. The van der Waals surface area contributed by atoms with Crippen LogP contribution in [0, 0.1) is 0 Å². The predicted molar refractivity (Wildman–Crippen MR) is 120 cm³/mol. The number of carbonyl (C=O) groups excluding carboxylic acids is 1. The first kappa shape index (κ1) is 21.0. The summed E-state index contributed by atoms with van der Waals surface area (Å²) in [5.74, 6) is -0.216. The molecule has 4 rings (SSSR count). The highest BCUT2D eigenvalue weighted by atomic mass is 32.2. The maximum Gasteiger partial charge on any atom is 0.254 e. The van der Waals surface area contributed by atoms with Crippen LogP contribution in [-0.4, -0.2) is 51.3 Å². The number of thiazole rings is 1. The molecule has 0 bridgehead atoms. The Morgan fingerprint density at radius 3 is 2.87 bits per heavy atom. The van der Waals surface area contributed by atoms with Gasteiger partial charge in [0.05, 0.1) is 22.7 Å². The number of hydrogen-bond acceptors (Lipinski definition) is 7. The third-order valence-corrected chi connectivity index (χ3v) is 7.00. The van der Waals surface area contributed by atoms with Crippen LogP contribution in [0.1, 0.15) is 27.2 Å². The molecule has 1 saturated heterocycles. The van der Waals surface area contributed by atoms with E-state index >= 15 is 0 Å². The number of aliphatic hydroxyl groups is 1. The average Bonchev–Trinajstić information content (AvgIpc) is 3.29. The molecule has 0 radical (unpaired) electrons. The fraction of sp³-hybridized carbons (Fsp3) is 0.318. The number of aromatic nitrogens is 2. The number of amides is 1. The number of benzene rings is 1. The summed E-state index contributed by atoms with van der Waals surface area (Å²) in [4.78, 5) is 25.1. The molecule has 30 heavy (non-hydrogen) atoms. The van der Waals surface area contributed by atoms with Gasteiger partial charge in [0.25, 0.3) is 5.91 Å². The monoisotopic (exact) mass is 440 g/mol. The molecule has 2 atom stereocenters. The molecular formula is C22H24N4O2S2. The zero-order valence-electron chi connectivity index (χ0n) is 16.7. The van der Waals surface area contributed by atoms with Gasteiger partial charge in [-0.3, -0.25) is 14.7 Å². The van der Waals surface area contributed by atoms with E-state index < -0.39 is 11.6 Å². The summed E-state index contributed by atoms with van der Waals surface area (Å²) in [6, 6.07) is 13.3. The largest absolute Gasteiger partial charge is 0.389 e. The van der Waals surface area contributed by atoms with E-state index in [0.29, 0.717) is 23.6 Å². The van der Waals surface area contributed by atoms with Crippen LogP contribution < -0.4 is 5.32 Å². The molecule has 3 heterocycles. The van der Waals surface area contributed by atoms with Gasteiger partial charge >= 0.3 is 0 Å². The van der Waals surface area contributed by atoms with Crippen molar-refractivity contribution in [3.63, 3.8) is 0 Å². The highest BCUT2D eigenvalue weighted by Crippen LogP contribution is 2.35. The van der Waals surface area contributed by atoms with Crippen molar-refractivity contribution in [2.75, 3.05) is 19.3 Å². The van der Waals surface area contributed by atoms with Gasteiger partial charge in [0.1, 0.15) is 5.03 Å². The Balaban J connectivity index is 1.61. The summed E-state index contributed by atoms with van der Waals surface area (Å²) in [5.41, 5.74) is 2.41. The standard InChI is InChI=1S/C22H24N4O2S2/c1-29-21-18(8-5-10-24-21)20(28)25-22(16-6-3-2-4-7-16)9-11-26(14-19(22)27)13-17-12-23-15-30-17/h2-8,10,12,15,19,27H,9,11,13-14H2,1H3,(H,25,28)/t19-,22+/m1/s1. The van der Waals surface area contributed by atoms with Crippen LogP contribution in [0.3, 0.4) is 0 Å². The maximum absolute atomic E-state index is 13.3. The lowest BCUT2D eigenvalue weighted by molar-refractivity contribution is -0.0178. The van der Waals surface area contributed by atoms with E-state index in [1.807, 2.05) is 48.3 Å². The lowest BCUT2D eigenvalue weighted by Gasteiger charge is -2.46. The molecule has 0 unspecified atom stereocenters. The molecule has 2 aromatic heterocycles. The summed E-state index contributed by atoms with van der Waals surface area (Å²) in [7, 11) is 0. The highest BCUT2D eigenvalue weighted by Gasteiger charge is 2.45. The van der Waals surface area contributed by atoms with Crippen LogP contribution in [0.15, 0.2) is 65.4 Å². The van der Waals surface area contributed by atoms with Crippen LogP contribution in [0.2, 0.25) is 0 Å². The lowest BCUT2D eigenvalue weighted by atomic mass is 9.78. The number of likely N-dealkylation sites (tertiary alicyclic amines) is 1. The quantitative estimate of drug-likeness (QED) is 0.574. The number of carbonyl (C=O) groups is 1. The number of aliphatic hydroxyl groups excluding tert-OH is 1. The zero-order chi connectivity index (χ0) is 21.0. The lowest BCUT2D eigenvalue weighted by Crippen LogP contribution is -2.61. The van der Waals surface area contributed by atoms with Crippen molar-refractivity contribution in [2.45, 2.75) is 29.6 Å². The zero-order valence-corrected chi connectivity index (χ0v) is 18.3. The van der Waals surface area contributed by atoms with E-state index in [4.69, 9.17) is 0 Å². The number of nitrogens with zero attached hydrogens (tertiary/aromatic N) is 3. The number of β-amino-alcohol motifs (C(OH)–C–C–N with tert-alkyl or cyclic N) is 1. The molecule has 6 nitrogen and oxygen atoms in total. The average molecular weight is 441 g/mol. The van der Waals surface area contributed by atoms with E-state index in [1.54, 1.807) is 29.7 Å². The smallest absolute Gasteiger partial charge is 0.254 e. The van der Waals surface area contributed by atoms with Gasteiger partial charge in [-0.1, -0.05) is 30.3 Å². The van der Waals surface area contributed by atoms with Crippen molar-refractivity contribution in [1.82, 2.24) is 20.2 Å². The molecule has 1 amide bonds.